The zero-order chi connectivity index (χ0) is 16.4. The quantitative estimate of drug-likeness (QED) is 0.468. The van der Waals surface area contributed by atoms with Gasteiger partial charge in [-0.1, -0.05) is 0 Å². The molecule has 0 unspecified atom stereocenters. The zero-order valence-electron chi connectivity index (χ0n) is 10.1. The molecule has 3 nitrogen and oxygen atoms in total. The molecule has 0 saturated heterocycles. The highest BCUT2D eigenvalue weighted by molar-refractivity contribution is 8.00. The summed E-state index contributed by atoms with van der Waals surface area (Å²) in [7, 11) is 0.802. The summed E-state index contributed by atoms with van der Waals surface area (Å²) in [4.78, 5) is 10.5. The summed E-state index contributed by atoms with van der Waals surface area (Å²) in [5.74, 6) is -1.40. The highest BCUT2D eigenvalue weighted by Gasteiger charge is 2.37. The highest BCUT2D eigenvalue weighted by atomic mass is 32.2. The number of carbonyl (C=O) groups is 1. The number of alkyl halides is 6. The number of hydrogen-bond donors (Lipinski definition) is 0. The van der Waals surface area contributed by atoms with Crippen molar-refractivity contribution in [3.63, 3.8) is 0 Å². The van der Waals surface area contributed by atoms with Gasteiger partial charge < -0.3 is 4.74 Å². The van der Waals surface area contributed by atoms with Crippen LogP contribution in [-0.2, 0) is 10.9 Å². The molecule has 0 radical (unpaired) electrons. The first-order valence-corrected chi connectivity index (χ1v) is 5.80. The van der Waals surface area contributed by atoms with Gasteiger partial charge in [0.25, 0.3) is 0 Å². The molecule has 114 valence electrons. The van der Waals surface area contributed by atoms with Gasteiger partial charge in [0.1, 0.15) is 6.07 Å². The number of nitriles is 1. The van der Waals surface area contributed by atoms with Gasteiger partial charge in [0.05, 0.1) is 23.8 Å². The SMILES string of the molecule is COC(=O)c1cc(C(F)(F)F)cc(C#N)c1SC(F)(F)F. The maximum absolute atomic E-state index is 12.6. The summed E-state index contributed by atoms with van der Waals surface area (Å²) < 4.78 is 79.3. The first-order valence-electron chi connectivity index (χ1n) is 4.99. The summed E-state index contributed by atoms with van der Waals surface area (Å²) >= 11 is -0.849. The lowest BCUT2D eigenvalue weighted by Crippen LogP contribution is -2.13. The van der Waals surface area contributed by atoms with E-state index in [1.165, 1.54) is 6.07 Å². The summed E-state index contributed by atoms with van der Waals surface area (Å²) in [5, 5.41) is 8.73. The molecule has 1 aromatic carbocycles. The second kappa shape index (κ2) is 5.85. The molecule has 0 amide bonds. The fourth-order valence-electron chi connectivity index (χ4n) is 1.36. The van der Waals surface area contributed by atoms with Gasteiger partial charge in [0.15, 0.2) is 0 Å². The van der Waals surface area contributed by atoms with Crippen LogP contribution in [0.25, 0.3) is 0 Å². The smallest absolute Gasteiger partial charge is 0.446 e. The van der Waals surface area contributed by atoms with E-state index in [0.29, 0.717) is 0 Å². The number of nitrogens with zero attached hydrogens (tertiary/aromatic N) is 1. The van der Waals surface area contributed by atoms with Gasteiger partial charge in [-0.05, 0) is 23.9 Å². The van der Waals surface area contributed by atoms with Crippen molar-refractivity contribution in [2.45, 2.75) is 16.6 Å². The number of benzene rings is 1. The number of thioether (sulfide) groups is 1. The normalized spacial score (nSPS) is 11.9. The maximum atomic E-state index is 12.6. The van der Waals surface area contributed by atoms with E-state index < -0.39 is 51.0 Å². The van der Waals surface area contributed by atoms with Gasteiger partial charge in [-0.2, -0.15) is 31.6 Å². The Morgan fingerprint density at radius 3 is 2.19 bits per heavy atom. The fraction of sp³-hybridized carbons (Fsp3) is 0.273. The summed E-state index contributed by atoms with van der Waals surface area (Å²) in [6.45, 7) is 0. The summed E-state index contributed by atoms with van der Waals surface area (Å²) in [6.07, 6.45) is -4.92. The molecular formula is C11H5F6NO2S. The molecule has 0 aliphatic heterocycles. The number of methoxy groups -OCH3 is 1. The van der Waals surface area contributed by atoms with E-state index in [2.05, 4.69) is 4.74 Å². The minimum Gasteiger partial charge on any atom is -0.465 e. The Balaban J connectivity index is 3.61. The number of rotatable bonds is 2. The predicted molar refractivity (Wildman–Crippen MR) is 59.4 cm³/mol. The van der Waals surface area contributed by atoms with Gasteiger partial charge in [0.2, 0.25) is 0 Å². The van der Waals surface area contributed by atoms with Crippen molar-refractivity contribution in [1.29, 1.82) is 5.26 Å². The van der Waals surface area contributed by atoms with E-state index in [-0.39, 0.29) is 12.1 Å². The second-order valence-electron chi connectivity index (χ2n) is 3.55. The zero-order valence-corrected chi connectivity index (χ0v) is 10.9. The van der Waals surface area contributed by atoms with E-state index in [0.717, 1.165) is 7.11 Å². The van der Waals surface area contributed by atoms with Gasteiger partial charge in [-0.3, -0.25) is 0 Å². The molecule has 0 aliphatic carbocycles. The van der Waals surface area contributed by atoms with Crippen molar-refractivity contribution >= 4 is 17.7 Å². The third-order valence-corrected chi connectivity index (χ3v) is 3.04. The van der Waals surface area contributed by atoms with Crippen LogP contribution in [0.3, 0.4) is 0 Å². The first-order chi connectivity index (χ1) is 9.49. The standard InChI is InChI=1S/C11H5F6NO2S/c1-20-9(19)7-3-6(10(12,13)14)2-5(4-18)8(7)21-11(15,16)17/h2-3H,1H3. The number of esters is 1. The largest absolute Gasteiger partial charge is 0.465 e. The van der Waals surface area contributed by atoms with Crippen LogP contribution < -0.4 is 0 Å². The Labute approximate surface area is 118 Å². The summed E-state index contributed by atoms with van der Waals surface area (Å²) in [6, 6.07) is 1.69. The lowest BCUT2D eigenvalue weighted by atomic mass is 10.1. The van der Waals surface area contributed by atoms with Crippen molar-refractivity contribution in [1.82, 2.24) is 0 Å². The molecule has 1 aromatic rings. The Morgan fingerprint density at radius 2 is 1.81 bits per heavy atom. The van der Waals surface area contributed by atoms with Crippen LogP contribution in [0.5, 0.6) is 0 Å². The van der Waals surface area contributed by atoms with Gasteiger partial charge in [0, 0.05) is 4.90 Å². The van der Waals surface area contributed by atoms with Crippen LogP contribution in [0.4, 0.5) is 26.3 Å². The molecule has 1 rings (SSSR count). The minimum atomic E-state index is -4.92. The Morgan fingerprint density at radius 1 is 1.24 bits per heavy atom. The Kier molecular flexibility index (Phi) is 4.78. The average Bonchev–Trinajstić information content (AvgIpc) is 2.34. The third kappa shape index (κ3) is 4.29. The third-order valence-electron chi connectivity index (χ3n) is 2.16. The molecule has 0 bridgehead atoms. The van der Waals surface area contributed by atoms with Crippen LogP contribution in [-0.4, -0.2) is 18.6 Å². The Hall–Kier alpha value is -1.89. The van der Waals surface area contributed by atoms with E-state index >= 15 is 0 Å². The number of halogens is 6. The molecule has 0 aromatic heterocycles. The topological polar surface area (TPSA) is 50.1 Å². The van der Waals surface area contributed by atoms with Crippen LogP contribution in [0.15, 0.2) is 17.0 Å². The van der Waals surface area contributed by atoms with E-state index in [9.17, 15) is 31.1 Å². The lowest BCUT2D eigenvalue weighted by molar-refractivity contribution is -0.137. The van der Waals surface area contributed by atoms with Crippen molar-refractivity contribution in [2.75, 3.05) is 7.11 Å². The molecule has 21 heavy (non-hydrogen) atoms. The Bertz CT molecular complexity index is 602. The van der Waals surface area contributed by atoms with E-state index in [1.807, 2.05) is 0 Å². The fourth-order valence-corrected chi connectivity index (χ4v) is 2.06. The maximum Gasteiger partial charge on any atom is 0.446 e. The second-order valence-corrected chi connectivity index (χ2v) is 4.62. The molecule has 0 saturated carbocycles. The molecule has 10 heteroatoms. The van der Waals surface area contributed by atoms with Crippen molar-refractivity contribution < 1.29 is 35.9 Å². The molecule has 0 aliphatic rings. The van der Waals surface area contributed by atoms with Gasteiger partial charge in [-0.25, -0.2) is 4.79 Å². The number of hydrogen-bond acceptors (Lipinski definition) is 4. The molecule has 0 heterocycles. The monoisotopic (exact) mass is 329 g/mol. The molecule has 0 fully saturated rings. The van der Waals surface area contributed by atoms with Crippen molar-refractivity contribution in [3.8, 4) is 6.07 Å². The molecule has 0 atom stereocenters. The first kappa shape index (κ1) is 17.2. The predicted octanol–water partition coefficient (Wildman–Crippen LogP) is 3.98. The molecular weight excluding hydrogens is 324 g/mol. The van der Waals surface area contributed by atoms with Crippen LogP contribution >= 0.6 is 11.8 Å². The molecule has 0 spiro atoms. The lowest BCUT2D eigenvalue weighted by Gasteiger charge is -2.14. The summed E-state index contributed by atoms with van der Waals surface area (Å²) in [5.41, 5.74) is -8.17. The van der Waals surface area contributed by atoms with Crippen molar-refractivity contribution in [2.24, 2.45) is 0 Å². The van der Waals surface area contributed by atoms with Crippen LogP contribution in [0.1, 0.15) is 21.5 Å². The average molecular weight is 329 g/mol. The van der Waals surface area contributed by atoms with Crippen molar-refractivity contribution in [3.05, 3.63) is 28.8 Å². The highest BCUT2D eigenvalue weighted by Crippen LogP contribution is 2.42. The van der Waals surface area contributed by atoms with E-state index in [4.69, 9.17) is 5.26 Å². The van der Waals surface area contributed by atoms with Gasteiger partial charge >= 0.3 is 17.7 Å². The number of carbonyl (C=O) groups excluding carboxylic acids is 1. The number of ether oxygens (including phenoxy) is 1. The van der Waals surface area contributed by atoms with Crippen LogP contribution in [0, 0.1) is 11.3 Å². The molecule has 0 N–H and O–H groups in total. The van der Waals surface area contributed by atoms with E-state index in [1.54, 1.807) is 0 Å². The minimum absolute atomic E-state index is 0.223. The van der Waals surface area contributed by atoms with Crippen LogP contribution in [0.2, 0.25) is 0 Å². The van der Waals surface area contributed by atoms with Gasteiger partial charge in [-0.15, -0.1) is 0 Å².